The number of unbranched alkanes of at least 4 members (excludes halogenated alkanes) is 1. The second-order valence-electron chi connectivity index (χ2n) is 15.7. The van der Waals surface area contributed by atoms with E-state index in [1.165, 1.54) is 6.42 Å². The van der Waals surface area contributed by atoms with Crippen LogP contribution in [0.2, 0.25) is 0 Å². The Morgan fingerprint density at radius 1 is 0.694 bits per heavy atom. The highest BCUT2D eigenvalue weighted by Crippen LogP contribution is 2.69. The standard InChI is InChI=1S/C34H62O12S3/c1-8-9-10-24(2)27-11-12-28-32-29(23-31(34(27,28)4)43-17-20-46-49(7,39)40)33(3)14-13-26(41-15-18-44-47(5,35)36)21-25(33)22-30(32)42-16-19-45-48(6,37)38/h24-32H,8-23H2,1-7H3/t24-,25?,26+,27-,28+,29+,30?,31+,32?,33+,34-/m1/s1. The molecule has 11 atom stereocenters. The first kappa shape index (κ1) is 41.4. The molecule has 0 aromatic rings. The van der Waals surface area contributed by atoms with Crippen LogP contribution in [0.3, 0.4) is 0 Å². The molecule has 3 unspecified atom stereocenters. The lowest BCUT2D eigenvalue weighted by Gasteiger charge is -2.64. The van der Waals surface area contributed by atoms with Gasteiger partial charge in [0, 0.05) is 5.41 Å². The van der Waals surface area contributed by atoms with Gasteiger partial charge < -0.3 is 14.2 Å². The van der Waals surface area contributed by atoms with Crippen molar-refractivity contribution in [1.29, 1.82) is 0 Å². The summed E-state index contributed by atoms with van der Waals surface area (Å²) >= 11 is 0. The minimum absolute atomic E-state index is 0.0188. The molecule has 49 heavy (non-hydrogen) atoms. The van der Waals surface area contributed by atoms with Crippen molar-refractivity contribution in [3.8, 4) is 0 Å². The van der Waals surface area contributed by atoms with Crippen molar-refractivity contribution in [2.24, 2.45) is 46.3 Å². The number of hydrogen-bond acceptors (Lipinski definition) is 12. The van der Waals surface area contributed by atoms with Crippen molar-refractivity contribution < 1.29 is 52.0 Å². The van der Waals surface area contributed by atoms with Crippen LogP contribution in [0.1, 0.15) is 91.9 Å². The fourth-order valence-corrected chi connectivity index (χ4v) is 11.6. The Kier molecular flexibility index (Phi) is 14.1. The van der Waals surface area contributed by atoms with E-state index in [2.05, 4.69) is 27.7 Å². The second kappa shape index (κ2) is 16.7. The number of hydrogen-bond donors (Lipinski definition) is 0. The molecule has 4 aliphatic rings. The number of rotatable bonds is 19. The van der Waals surface area contributed by atoms with Gasteiger partial charge in [-0.3, -0.25) is 12.5 Å². The van der Waals surface area contributed by atoms with Crippen molar-refractivity contribution in [2.45, 2.75) is 110 Å². The Morgan fingerprint density at radius 2 is 1.27 bits per heavy atom. The van der Waals surface area contributed by atoms with Gasteiger partial charge in [0.1, 0.15) is 0 Å². The zero-order valence-electron chi connectivity index (χ0n) is 30.6. The summed E-state index contributed by atoms with van der Waals surface area (Å²) < 4.78 is 104. The molecule has 12 nitrogen and oxygen atoms in total. The number of ether oxygens (including phenoxy) is 3. The van der Waals surface area contributed by atoms with Crippen LogP contribution in [0.15, 0.2) is 0 Å². The predicted molar refractivity (Wildman–Crippen MR) is 186 cm³/mol. The van der Waals surface area contributed by atoms with Gasteiger partial charge in [-0.15, -0.1) is 0 Å². The molecule has 288 valence electrons. The molecule has 0 aliphatic heterocycles. The molecule has 4 aliphatic carbocycles. The van der Waals surface area contributed by atoms with Crippen LogP contribution in [0.4, 0.5) is 0 Å². The van der Waals surface area contributed by atoms with Gasteiger partial charge in [0.15, 0.2) is 0 Å². The fraction of sp³-hybridized carbons (Fsp3) is 1.00. The van der Waals surface area contributed by atoms with E-state index in [0.29, 0.717) is 17.8 Å². The van der Waals surface area contributed by atoms with E-state index in [1.54, 1.807) is 0 Å². The highest BCUT2D eigenvalue weighted by molar-refractivity contribution is 7.86. The minimum atomic E-state index is -3.59. The summed E-state index contributed by atoms with van der Waals surface area (Å²) in [5.74, 6) is 2.07. The molecule has 15 heteroatoms. The zero-order valence-corrected chi connectivity index (χ0v) is 33.1. The van der Waals surface area contributed by atoms with Crippen LogP contribution in [0, 0.1) is 46.3 Å². The van der Waals surface area contributed by atoms with E-state index in [0.717, 1.165) is 76.6 Å². The SMILES string of the molecule is CCCC[C@@H](C)[C@H]1CC[C@H]2C3C(OCCOS(C)(=O)=O)CC4C[C@@H](OCCOS(C)(=O)=O)CC[C@]4(C)[C@H]3C[C@H](OCCOS(C)(=O)=O)[C@]12C. The summed E-state index contributed by atoms with van der Waals surface area (Å²) in [4.78, 5) is 0. The van der Waals surface area contributed by atoms with Crippen LogP contribution >= 0.6 is 0 Å². The van der Waals surface area contributed by atoms with E-state index >= 15 is 0 Å². The topological polar surface area (TPSA) is 158 Å². The molecule has 0 bridgehead atoms. The van der Waals surface area contributed by atoms with Crippen molar-refractivity contribution in [3.05, 3.63) is 0 Å². The van der Waals surface area contributed by atoms with Crippen LogP contribution in [0.25, 0.3) is 0 Å². The summed E-state index contributed by atoms with van der Waals surface area (Å²) in [6.07, 6.45) is 12.8. The first-order valence-corrected chi connectivity index (χ1v) is 23.6. The molecule has 4 fully saturated rings. The summed E-state index contributed by atoms with van der Waals surface area (Å²) in [6, 6.07) is 0. The molecule has 4 rings (SSSR count). The summed E-state index contributed by atoms with van der Waals surface area (Å²) in [6.45, 7) is 9.90. The normalized spacial score (nSPS) is 37.3. The van der Waals surface area contributed by atoms with Gasteiger partial charge in [-0.2, -0.15) is 25.3 Å². The van der Waals surface area contributed by atoms with E-state index in [1.807, 2.05) is 0 Å². The lowest BCUT2D eigenvalue weighted by atomic mass is 9.43. The lowest BCUT2D eigenvalue weighted by Crippen LogP contribution is -2.63. The van der Waals surface area contributed by atoms with Crippen molar-refractivity contribution >= 4 is 30.4 Å². The highest BCUT2D eigenvalue weighted by Gasteiger charge is 2.66. The first-order chi connectivity index (χ1) is 22.8. The van der Waals surface area contributed by atoms with Crippen molar-refractivity contribution in [3.63, 3.8) is 0 Å². The van der Waals surface area contributed by atoms with Crippen molar-refractivity contribution in [2.75, 3.05) is 58.4 Å². The van der Waals surface area contributed by atoms with E-state index in [4.69, 9.17) is 26.8 Å². The maximum absolute atomic E-state index is 11.7. The van der Waals surface area contributed by atoms with E-state index in [9.17, 15) is 25.3 Å². The second-order valence-corrected chi connectivity index (χ2v) is 20.7. The zero-order chi connectivity index (χ0) is 36.3. The molecular weight excluding hydrogens is 697 g/mol. The maximum atomic E-state index is 11.7. The minimum Gasteiger partial charge on any atom is -0.376 e. The molecule has 0 aromatic carbocycles. The quantitative estimate of drug-likeness (QED) is 0.131. The average molecular weight is 759 g/mol. The predicted octanol–water partition coefficient (Wildman–Crippen LogP) is 4.78. The fourth-order valence-electron chi connectivity index (χ4n) is 10.5. The summed E-state index contributed by atoms with van der Waals surface area (Å²) in [5, 5.41) is 0. The van der Waals surface area contributed by atoms with Gasteiger partial charge in [0.25, 0.3) is 30.4 Å². The third kappa shape index (κ3) is 10.6. The Bertz CT molecular complexity index is 1400. The highest BCUT2D eigenvalue weighted by atomic mass is 32.2. The molecule has 4 saturated carbocycles. The molecule has 0 saturated heterocycles. The van der Waals surface area contributed by atoms with Crippen LogP contribution in [0.5, 0.6) is 0 Å². The third-order valence-corrected chi connectivity index (χ3v) is 14.4. The van der Waals surface area contributed by atoms with Gasteiger partial charge in [0.05, 0.1) is 76.7 Å². The Balaban J connectivity index is 1.62. The average Bonchev–Trinajstić information content (AvgIpc) is 3.35. The molecule has 0 radical (unpaired) electrons. The largest absolute Gasteiger partial charge is 0.376 e. The molecule has 0 aromatic heterocycles. The molecule has 0 amide bonds. The van der Waals surface area contributed by atoms with Crippen molar-refractivity contribution in [1.82, 2.24) is 0 Å². The Hall–Kier alpha value is -0.390. The van der Waals surface area contributed by atoms with Crippen LogP contribution in [-0.4, -0.2) is 102 Å². The van der Waals surface area contributed by atoms with Crippen LogP contribution < -0.4 is 0 Å². The van der Waals surface area contributed by atoms with Gasteiger partial charge in [0.2, 0.25) is 0 Å². The molecular formula is C34H62O12S3. The number of fused-ring (bicyclic) bond motifs is 5. The monoisotopic (exact) mass is 758 g/mol. The van der Waals surface area contributed by atoms with Gasteiger partial charge in [-0.05, 0) is 85.9 Å². The molecule has 0 spiro atoms. The first-order valence-electron chi connectivity index (χ1n) is 18.2. The Morgan fingerprint density at radius 3 is 1.84 bits per heavy atom. The molecule has 0 N–H and O–H groups in total. The van der Waals surface area contributed by atoms with E-state index < -0.39 is 30.4 Å². The smallest absolute Gasteiger partial charge is 0.264 e. The van der Waals surface area contributed by atoms with Gasteiger partial charge in [-0.25, -0.2) is 0 Å². The summed E-state index contributed by atoms with van der Waals surface area (Å²) in [7, 11) is -10.7. The van der Waals surface area contributed by atoms with Gasteiger partial charge in [-0.1, -0.05) is 47.0 Å². The maximum Gasteiger partial charge on any atom is 0.264 e. The Labute approximate surface area is 296 Å². The van der Waals surface area contributed by atoms with Crippen LogP contribution in [-0.2, 0) is 57.1 Å². The molecule has 0 heterocycles. The third-order valence-electron chi connectivity index (χ3n) is 12.6. The lowest BCUT2D eigenvalue weighted by molar-refractivity contribution is -0.229. The van der Waals surface area contributed by atoms with Gasteiger partial charge >= 0.3 is 0 Å². The van der Waals surface area contributed by atoms with E-state index in [-0.39, 0.29) is 86.5 Å². The summed E-state index contributed by atoms with van der Waals surface area (Å²) in [5.41, 5.74) is -0.164.